The van der Waals surface area contributed by atoms with Gasteiger partial charge in [0.1, 0.15) is 6.67 Å². The number of aromatic nitrogens is 2. The topological polar surface area (TPSA) is 24.3 Å². The summed E-state index contributed by atoms with van der Waals surface area (Å²) < 4.78 is 14.4. The lowest BCUT2D eigenvalue weighted by atomic mass is 10.0. The van der Waals surface area contributed by atoms with Crippen molar-refractivity contribution >= 4 is 0 Å². The lowest BCUT2D eigenvalue weighted by Gasteiger charge is -2.39. The Morgan fingerprint density at radius 2 is 1.93 bits per heavy atom. The number of alkyl halides is 1. The first-order valence-corrected chi connectivity index (χ1v) is 10.3. The molecule has 0 radical (unpaired) electrons. The normalized spacial score (nSPS) is 17.7. The van der Waals surface area contributed by atoms with Crippen LogP contribution in [-0.2, 0) is 7.05 Å². The zero-order chi connectivity index (χ0) is 20.5. The second-order valence-electron chi connectivity index (χ2n) is 7.35. The van der Waals surface area contributed by atoms with E-state index in [0.29, 0.717) is 0 Å². The Hall–Kier alpha value is -2.50. The molecule has 1 fully saturated rings. The molecule has 1 unspecified atom stereocenters. The van der Waals surface area contributed by atoms with Gasteiger partial charge in [-0.1, -0.05) is 61.2 Å². The van der Waals surface area contributed by atoms with Crippen molar-refractivity contribution in [2.75, 3.05) is 39.4 Å². The molecule has 1 aliphatic rings. The lowest BCUT2D eigenvalue weighted by Crippen LogP contribution is -2.48. The molecule has 0 bridgehead atoms. The van der Waals surface area contributed by atoms with Crippen LogP contribution in [-0.4, -0.2) is 59.0 Å². The number of aryl methyl sites for hydroxylation is 1. The highest BCUT2D eigenvalue weighted by atomic mass is 19.1. The molecule has 3 rings (SSSR count). The van der Waals surface area contributed by atoms with E-state index in [1.165, 1.54) is 11.3 Å². The van der Waals surface area contributed by atoms with Crippen molar-refractivity contribution < 1.29 is 4.39 Å². The van der Waals surface area contributed by atoms with Crippen molar-refractivity contribution in [2.45, 2.75) is 12.5 Å². The van der Waals surface area contributed by atoms with Gasteiger partial charge in [0.2, 0.25) is 0 Å². The summed E-state index contributed by atoms with van der Waals surface area (Å²) in [5.74, 6) is 0. The number of halogens is 1. The van der Waals surface area contributed by atoms with E-state index in [0.717, 1.165) is 44.7 Å². The standard InChI is InChI=1S/C24H31FN4/c1-3-8-21(9-7-14-25)13-16-28-17-19-29(20-18-28)24(22-10-5-4-6-11-22)23-12-15-26-27(23)2/h3-12,15,24H,1,13-14,16-20H2,2H3/b9-7-,21-8+. The largest absolute Gasteiger partial charge is 0.300 e. The fourth-order valence-corrected chi connectivity index (χ4v) is 3.96. The molecular formula is C24H31FN4. The Labute approximate surface area is 173 Å². The predicted molar refractivity (Wildman–Crippen MR) is 118 cm³/mol. The van der Waals surface area contributed by atoms with E-state index < -0.39 is 6.67 Å². The highest BCUT2D eigenvalue weighted by Crippen LogP contribution is 2.29. The smallest absolute Gasteiger partial charge is 0.108 e. The molecule has 154 valence electrons. The van der Waals surface area contributed by atoms with Gasteiger partial charge in [-0.05, 0) is 23.6 Å². The van der Waals surface area contributed by atoms with Gasteiger partial charge in [-0.2, -0.15) is 5.10 Å². The summed E-state index contributed by atoms with van der Waals surface area (Å²) in [7, 11) is 2.01. The first-order chi connectivity index (χ1) is 14.2. The minimum Gasteiger partial charge on any atom is -0.300 e. The number of nitrogens with zero attached hydrogens (tertiary/aromatic N) is 4. The van der Waals surface area contributed by atoms with Crippen LogP contribution in [0.1, 0.15) is 23.7 Å². The number of rotatable bonds is 9. The van der Waals surface area contributed by atoms with E-state index in [1.54, 1.807) is 12.2 Å². The Bertz CT molecular complexity index is 816. The van der Waals surface area contributed by atoms with Crippen LogP contribution in [0.2, 0.25) is 0 Å². The van der Waals surface area contributed by atoms with E-state index in [2.05, 4.69) is 57.9 Å². The van der Waals surface area contributed by atoms with Gasteiger partial charge in [0.05, 0.1) is 11.7 Å². The van der Waals surface area contributed by atoms with Crippen LogP contribution in [0.3, 0.4) is 0 Å². The van der Waals surface area contributed by atoms with Gasteiger partial charge in [0.15, 0.2) is 0 Å². The Morgan fingerprint density at radius 3 is 2.55 bits per heavy atom. The third-order valence-electron chi connectivity index (χ3n) is 5.50. The molecule has 1 aliphatic heterocycles. The van der Waals surface area contributed by atoms with Crippen LogP contribution in [0.5, 0.6) is 0 Å². The van der Waals surface area contributed by atoms with Crippen LogP contribution in [0.15, 0.2) is 79.1 Å². The molecule has 0 aliphatic carbocycles. The number of hydrogen-bond donors (Lipinski definition) is 0. The third-order valence-corrected chi connectivity index (χ3v) is 5.50. The van der Waals surface area contributed by atoms with Crippen molar-refractivity contribution in [3.8, 4) is 0 Å². The van der Waals surface area contributed by atoms with Crippen LogP contribution in [0.25, 0.3) is 0 Å². The summed E-state index contributed by atoms with van der Waals surface area (Å²) in [6, 6.07) is 13.0. The molecule has 2 aromatic rings. The second-order valence-corrected chi connectivity index (χ2v) is 7.35. The highest BCUT2D eigenvalue weighted by Gasteiger charge is 2.28. The minimum atomic E-state index is -0.429. The Kier molecular flexibility index (Phi) is 7.96. The molecule has 0 spiro atoms. The van der Waals surface area contributed by atoms with Gasteiger partial charge in [-0.25, -0.2) is 4.39 Å². The minimum absolute atomic E-state index is 0.217. The van der Waals surface area contributed by atoms with Crippen molar-refractivity contribution in [2.24, 2.45) is 7.05 Å². The first kappa shape index (κ1) is 21.2. The molecule has 0 saturated carbocycles. The average Bonchev–Trinajstić information content (AvgIpc) is 3.17. The quantitative estimate of drug-likeness (QED) is 0.597. The zero-order valence-corrected chi connectivity index (χ0v) is 17.3. The maximum Gasteiger partial charge on any atom is 0.108 e. The summed E-state index contributed by atoms with van der Waals surface area (Å²) in [5.41, 5.74) is 3.64. The monoisotopic (exact) mass is 394 g/mol. The maximum absolute atomic E-state index is 12.4. The lowest BCUT2D eigenvalue weighted by molar-refractivity contribution is 0.107. The molecule has 5 heteroatoms. The van der Waals surface area contributed by atoms with Crippen molar-refractivity contribution in [3.63, 3.8) is 0 Å². The van der Waals surface area contributed by atoms with Crippen molar-refractivity contribution in [3.05, 3.63) is 90.3 Å². The molecule has 1 aromatic carbocycles. The number of piperazine rings is 1. The van der Waals surface area contributed by atoms with Crippen LogP contribution in [0, 0.1) is 0 Å². The van der Waals surface area contributed by atoms with Crippen LogP contribution in [0.4, 0.5) is 4.39 Å². The van der Waals surface area contributed by atoms with Crippen molar-refractivity contribution in [1.29, 1.82) is 0 Å². The highest BCUT2D eigenvalue weighted by molar-refractivity contribution is 5.28. The van der Waals surface area contributed by atoms with Gasteiger partial charge in [-0.3, -0.25) is 9.58 Å². The van der Waals surface area contributed by atoms with Gasteiger partial charge in [0.25, 0.3) is 0 Å². The molecule has 4 nitrogen and oxygen atoms in total. The van der Waals surface area contributed by atoms with E-state index in [-0.39, 0.29) is 6.04 Å². The van der Waals surface area contributed by atoms with Gasteiger partial charge in [-0.15, -0.1) is 0 Å². The van der Waals surface area contributed by atoms with Gasteiger partial charge >= 0.3 is 0 Å². The Morgan fingerprint density at radius 1 is 1.17 bits per heavy atom. The molecule has 2 heterocycles. The van der Waals surface area contributed by atoms with Crippen LogP contribution < -0.4 is 0 Å². The molecular weight excluding hydrogens is 363 g/mol. The maximum atomic E-state index is 12.4. The Balaban J connectivity index is 1.63. The molecule has 29 heavy (non-hydrogen) atoms. The summed E-state index contributed by atoms with van der Waals surface area (Å²) in [5, 5.41) is 4.40. The van der Waals surface area contributed by atoms with E-state index in [1.807, 2.05) is 30.1 Å². The summed E-state index contributed by atoms with van der Waals surface area (Å²) >= 11 is 0. The molecule has 1 atom stereocenters. The molecule has 1 saturated heterocycles. The number of benzene rings is 1. The fourth-order valence-electron chi connectivity index (χ4n) is 3.96. The zero-order valence-electron chi connectivity index (χ0n) is 17.3. The summed E-state index contributed by atoms with van der Waals surface area (Å²) in [4.78, 5) is 5.04. The fraction of sp³-hybridized carbons (Fsp3) is 0.375. The SMILES string of the molecule is C=C/C=C(\C=C/CF)CCN1CCN(C(c2ccccc2)c2ccnn2C)CC1. The van der Waals surface area contributed by atoms with Gasteiger partial charge in [0, 0.05) is 46.0 Å². The van der Waals surface area contributed by atoms with Crippen LogP contribution >= 0.6 is 0 Å². The summed E-state index contributed by atoms with van der Waals surface area (Å²) in [6.45, 7) is 8.37. The van der Waals surface area contributed by atoms with E-state index in [9.17, 15) is 4.39 Å². The van der Waals surface area contributed by atoms with E-state index >= 15 is 0 Å². The number of hydrogen-bond acceptors (Lipinski definition) is 3. The molecule has 0 N–H and O–H groups in total. The first-order valence-electron chi connectivity index (χ1n) is 10.3. The molecule has 1 aromatic heterocycles. The van der Waals surface area contributed by atoms with E-state index in [4.69, 9.17) is 0 Å². The average molecular weight is 395 g/mol. The summed E-state index contributed by atoms with van der Waals surface area (Å²) in [6.07, 6.45) is 9.95. The third kappa shape index (κ3) is 5.75. The number of allylic oxidation sites excluding steroid dienone is 4. The second kappa shape index (κ2) is 10.9. The van der Waals surface area contributed by atoms with Crippen molar-refractivity contribution in [1.82, 2.24) is 19.6 Å². The van der Waals surface area contributed by atoms with Gasteiger partial charge < -0.3 is 4.90 Å². The predicted octanol–water partition coefficient (Wildman–Crippen LogP) is 4.16. The molecule has 0 amide bonds.